The molecule has 0 fully saturated rings. The van der Waals surface area contributed by atoms with Gasteiger partial charge in [0.1, 0.15) is 6.17 Å². The molecule has 0 aromatic heterocycles. The fraction of sp³-hybridized carbons (Fsp3) is 0.955. The minimum Gasteiger partial charge on any atom is -0.378 e. The first-order valence-electron chi connectivity index (χ1n) is 11.7. The van der Waals surface area contributed by atoms with E-state index in [-0.39, 0.29) is 21.9 Å². The molecule has 0 aliphatic carbocycles. The van der Waals surface area contributed by atoms with Crippen LogP contribution in [0.15, 0.2) is 0 Å². The molecule has 0 bridgehead atoms. The highest BCUT2D eigenvalue weighted by Crippen LogP contribution is 1.91. The molecule has 0 rings (SSSR count). The zero-order valence-electron chi connectivity index (χ0n) is 20.6. The molecule has 1 atom stereocenters. The first kappa shape index (κ1) is 33.3. The number of nitrogens with one attached hydrogen (secondary N) is 2. The monoisotopic (exact) mass is 474 g/mol. The first-order chi connectivity index (χ1) is 15.7. The highest BCUT2D eigenvalue weighted by molar-refractivity contribution is 5.72. The van der Waals surface area contributed by atoms with E-state index in [0.717, 1.165) is 19.5 Å². The summed E-state index contributed by atoms with van der Waals surface area (Å²) in [4.78, 5) is 10.6. The van der Waals surface area contributed by atoms with Crippen LogP contribution in [0.4, 0.5) is 4.39 Å². The zero-order chi connectivity index (χ0) is 24.1. The molecule has 1 amide bonds. The Hall–Kier alpha value is -0.880. The van der Waals surface area contributed by atoms with Gasteiger partial charge >= 0.3 is 0 Å². The number of halogens is 1. The highest BCUT2D eigenvalue weighted by Gasteiger charge is 2.06. The van der Waals surface area contributed by atoms with Crippen molar-refractivity contribution in [2.75, 3.05) is 98.9 Å². The second kappa shape index (κ2) is 30.1. The normalized spacial score (nSPS) is 11.7. The van der Waals surface area contributed by atoms with Gasteiger partial charge in [-0.2, -0.15) is 0 Å². The number of carbonyl (C=O) groups excluding carboxylic acids is 1. The van der Waals surface area contributed by atoms with Crippen LogP contribution in [-0.4, -0.2) is 111 Å². The van der Waals surface area contributed by atoms with Crippen molar-refractivity contribution < 1.29 is 40.5 Å². The molecule has 0 aliphatic rings. The van der Waals surface area contributed by atoms with Crippen molar-refractivity contribution in [2.45, 2.75) is 40.3 Å². The number of hydrogen-bond acceptors (Lipinski definition) is 8. The van der Waals surface area contributed by atoms with Crippen LogP contribution in [0.1, 0.15) is 37.0 Å². The van der Waals surface area contributed by atoms with Crippen LogP contribution in [0.25, 0.3) is 0 Å². The summed E-state index contributed by atoms with van der Waals surface area (Å²) in [5.41, 5.74) is 0. The van der Waals surface area contributed by atoms with Gasteiger partial charge in [0.25, 0.3) is 0 Å². The molecule has 0 aromatic carbocycles. The molecular weight excluding hydrogens is 423 g/mol. The van der Waals surface area contributed by atoms with E-state index in [9.17, 15) is 9.18 Å². The Kier molecular flexibility index (Phi) is 31.3. The average molecular weight is 475 g/mol. The van der Waals surface area contributed by atoms with Gasteiger partial charge in [-0.1, -0.05) is 20.8 Å². The molecule has 198 valence electrons. The third-order valence-corrected chi connectivity index (χ3v) is 3.58. The maximum Gasteiger partial charge on any atom is 0.216 e. The molecule has 10 heteroatoms. The molecule has 1 unspecified atom stereocenters. The number of hydrogen-bond donors (Lipinski definition) is 2. The topological polar surface area (TPSA) is 96.5 Å². The van der Waals surface area contributed by atoms with Gasteiger partial charge in [0.15, 0.2) is 0 Å². The summed E-state index contributed by atoms with van der Waals surface area (Å²) in [7, 11) is 0. The Labute approximate surface area is 196 Å². The van der Waals surface area contributed by atoms with Gasteiger partial charge in [0.2, 0.25) is 5.91 Å². The lowest BCUT2D eigenvalue weighted by Crippen LogP contribution is -2.30. The molecule has 2 N–H and O–H groups in total. The van der Waals surface area contributed by atoms with Gasteiger partial charge in [-0.25, -0.2) is 4.39 Å². The SMILES string of the molecule is CC.CCCNCCOCCOCCOCCOCCOCCOCC(F)CNC(C)=O.[HH].[HH]. The van der Waals surface area contributed by atoms with Crippen molar-refractivity contribution in [3.05, 3.63) is 0 Å². The lowest BCUT2D eigenvalue weighted by Gasteiger charge is -2.10. The summed E-state index contributed by atoms with van der Waals surface area (Å²) >= 11 is 0. The molecule has 0 heterocycles. The van der Waals surface area contributed by atoms with E-state index < -0.39 is 6.17 Å². The number of rotatable bonds is 24. The summed E-state index contributed by atoms with van der Waals surface area (Å²) in [6, 6.07) is 0. The number of ether oxygens (including phenoxy) is 6. The molecule has 0 aliphatic heterocycles. The molecule has 0 saturated heterocycles. The molecule has 32 heavy (non-hydrogen) atoms. The lowest BCUT2D eigenvalue weighted by atomic mass is 10.4. The number of carbonyl (C=O) groups is 1. The van der Waals surface area contributed by atoms with E-state index in [4.69, 9.17) is 28.4 Å². The maximum absolute atomic E-state index is 13.3. The van der Waals surface area contributed by atoms with Crippen molar-refractivity contribution in [1.82, 2.24) is 10.6 Å². The van der Waals surface area contributed by atoms with Crippen molar-refractivity contribution in [3.63, 3.8) is 0 Å². The second-order valence-electron chi connectivity index (χ2n) is 6.42. The molecule has 0 aromatic rings. The van der Waals surface area contributed by atoms with Crippen LogP contribution in [0.3, 0.4) is 0 Å². The van der Waals surface area contributed by atoms with E-state index in [2.05, 4.69) is 17.6 Å². The fourth-order valence-corrected chi connectivity index (χ4v) is 2.07. The lowest BCUT2D eigenvalue weighted by molar-refractivity contribution is -0.119. The van der Waals surface area contributed by atoms with E-state index in [1.54, 1.807) is 0 Å². The summed E-state index contributed by atoms with van der Waals surface area (Å²) in [6.07, 6.45) is -0.0849. The van der Waals surface area contributed by atoms with E-state index in [0.29, 0.717) is 72.7 Å². The predicted molar refractivity (Wildman–Crippen MR) is 127 cm³/mol. The minimum absolute atomic E-state index is 0. The summed E-state index contributed by atoms with van der Waals surface area (Å²) in [6.45, 7) is 14.7. The van der Waals surface area contributed by atoms with Crippen molar-refractivity contribution in [3.8, 4) is 0 Å². The molecular formula is C22H51FN2O7. The zero-order valence-corrected chi connectivity index (χ0v) is 20.6. The quantitative estimate of drug-likeness (QED) is 0.205. The van der Waals surface area contributed by atoms with Crippen LogP contribution >= 0.6 is 0 Å². The van der Waals surface area contributed by atoms with Gasteiger partial charge < -0.3 is 39.1 Å². The molecule has 9 nitrogen and oxygen atoms in total. The van der Waals surface area contributed by atoms with Gasteiger partial charge in [0.05, 0.1) is 85.8 Å². The van der Waals surface area contributed by atoms with Crippen LogP contribution in [-0.2, 0) is 33.2 Å². The van der Waals surface area contributed by atoms with E-state index in [1.165, 1.54) is 6.92 Å². The van der Waals surface area contributed by atoms with Gasteiger partial charge in [0, 0.05) is 16.3 Å². The van der Waals surface area contributed by atoms with Crippen LogP contribution in [0.5, 0.6) is 0 Å². The van der Waals surface area contributed by atoms with Crippen LogP contribution < -0.4 is 10.6 Å². The summed E-state index contributed by atoms with van der Waals surface area (Å²) in [5.74, 6) is -0.258. The highest BCUT2D eigenvalue weighted by atomic mass is 19.1. The van der Waals surface area contributed by atoms with Gasteiger partial charge in [-0.15, -0.1) is 0 Å². The van der Waals surface area contributed by atoms with E-state index >= 15 is 0 Å². The Balaban J connectivity index is -0.00000109. The average Bonchev–Trinajstić information content (AvgIpc) is 2.80. The fourth-order valence-electron chi connectivity index (χ4n) is 2.07. The Morgan fingerprint density at radius 1 is 0.750 bits per heavy atom. The minimum atomic E-state index is -1.21. The van der Waals surface area contributed by atoms with Gasteiger partial charge in [-0.05, 0) is 13.0 Å². The Morgan fingerprint density at radius 3 is 1.56 bits per heavy atom. The van der Waals surface area contributed by atoms with Gasteiger partial charge in [-0.3, -0.25) is 4.79 Å². The Bertz CT molecular complexity index is 380. The summed E-state index contributed by atoms with van der Waals surface area (Å²) < 4.78 is 45.3. The number of amides is 1. The van der Waals surface area contributed by atoms with Crippen LogP contribution in [0, 0.1) is 0 Å². The summed E-state index contributed by atoms with van der Waals surface area (Å²) in [5, 5.41) is 5.66. The second-order valence-corrected chi connectivity index (χ2v) is 6.42. The van der Waals surface area contributed by atoms with Crippen molar-refractivity contribution in [1.29, 1.82) is 0 Å². The third kappa shape index (κ3) is 31.3. The number of alkyl halides is 1. The maximum atomic E-state index is 13.3. The predicted octanol–water partition coefficient (Wildman–Crippen LogP) is 2.08. The first-order valence-corrected chi connectivity index (χ1v) is 11.7. The molecule has 0 saturated carbocycles. The molecule has 0 spiro atoms. The van der Waals surface area contributed by atoms with Crippen LogP contribution in [0.2, 0.25) is 0 Å². The molecule has 0 radical (unpaired) electrons. The van der Waals surface area contributed by atoms with E-state index in [1.807, 2.05) is 13.8 Å². The largest absolute Gasteiger partial charge is 0.378 e. The Morgan fingerprint density at radius 2 is 1.16 bits per heavy atom. The van der Waals surface area contributed by atoms with Crippen molar-refractivity contribution in [2.24, 2.45) is 0 Å². The third-order valence-electron chi connectivity index (χ3n) is 3.58. The smallest absolute Gasteiger partial charge is 0.216 e. The standard InChI is InChI=1S/C20H41FN2O7.C2H6.2H2/c1-3-4-22-5-6-25-7-8-26-9-10-27-11-12-28-13-14-29-15-16-30-18-20(21)17-23-19(2)24;1-2;;/h20,22H,3-18H2,1-2H3,(H,23,24);1-2H3;2*1H. The van der Waals surface area contributed by atoms with Crippen molar-refractivity contribution >= 4 is 5.91 Å².